The number of benzene rings is 1. The summed E-state index contributed by atoms with van der Waals surface area (Å²) in [6.45, 7) is 5.42. The normalized spacial score (nSPS) is 12.1. The van der Waals surface area contributed by atoms with Crippen LogP contribution in [0.2, 0.25) is 0 Å². The van der Waals surface area contributed by atoms with Crippen LogP contribution in [0.25, 0.3) is 0 Å². The molecule has 5 N–H and O–H groups in total. The lowest BCUT2D eigenvalue weighted by molar-refractivity contribution is -0.124. The van der Waals surface area contributed by atoms with Gasteiger partial charge in [-0.25, -0.2) is 10.2 Å². The molecule has 1 rings (SSSR count). The number of alkyl carbamates (subject to hydrolysis) is 1. The molecule has 1 aromatic rings. The van der Waals surface area contributed by atoms with E-state index in [4.69, 9.17) is 10.5 Å². The standard InChI is InChI=1S/C17H26N4O4/c1-17(2,3)25-16(24)20-13(11-12-7-5-4-6-8-12)15(23)21-19-10-9-14(18)22/h4-8,13,19H,9-11H2,1-3H3,(H2,18,22)(H,20,24)(H,21,23)/t13-/m0/s1. The van der Waals surface area contributed by atoms with E-state index in [1.54, 1.807) is 20.8 Å². The van der Waals surface area contributed by atoms with Crippen molar-refractivity contribution in [2.75, 3.05) is 6.54 Å². The van der Waals surface area contributed by atoms with Gasteiger partial charge in [0.2, 0.25) is 5.91 Å². The van der Waals surface area contributed by atoms with Crippen molar-refractivity contribution < 1.29 is 19.1 Å². The third-order valence-electron chi connectivity index (χ3n) is 3.00. The number of hydrazine groups is 1. The number of nitrogens with two attached hydrogens (primary N) is 1. The first-order chi connectivity index (χ1) is 11.7. The van der Waals surface area contributed by atoms with E-state index in [1.807, 2.05) is 30.3 Å². The van der Waals surface area contributed by atoms with Crippen molar-refractivity contribution in [2.45, 2.75) is 45.3 Å². The number of carbonyl (C=O) groups excluding carboxylic acids is 3. The maximum Gasteiger partial charge on any atom is 0.408 e. The monoisotopic (exact) mass is 350 g/mol. The maximum absolute atomic E-state index is 12.3. The first-order valence-corrected chi connectivity index (χ1v) is 8.02. The zero-order valence-electron chi connectivity index (χ0n) is 14.8. The molecule has 1 atom stereocenters. The molecule has 0 aromatic heterocycles. The van der Waals surface area contributed by atoms with Crippen LogP contribution in [0.15, 0.2) is 30.3 Å². The summed E-state index contributed by atoms with van der Waals surface area (Å²) in [6.07, 6.45) is -0.298. The van der Waals surface area contributed by atoms with Gasteiger partial charge in [0.25, 0.3) is 5.91 Å². The molecule has 0 bridgehead atoms. The lowest BCUT2D eigenvalue weighted by atomic mass is 10.1. The summed E-state index contributed by atoms with van der Waals surface area (Å²) in [5.41, 5.74) is 10.3. The Morgan fingerprint density at radius 3 is 2.36 bits per heavy atom. The van der Waals surface area contributed by atoms with Crippen molar-refractivity contribution in [2.24, 2.45) is 5.73 Å². The largest absolute Gasteiger partial charge is 0.444 e. The smallest absolute Gasteiger partial charge is 0.408 e. The van der Waals surface area contributed by atoms with Gasteiger partial charge < -0.3 is 15.8 Å². The van der Waals surface area contributed by atoms with Gasteiger partial charge in [0.1, 0.15) is 11.6 Å². The molecule has 0 heterocycles. The minimum atomic E-state index is -0.835. The molecule has 8 heteroatoms. The molecule has 0 fully saturated rings. The highest BCUT2D eigenvalue weighted by Gasteiger charge is 2.24. The van der Waals surface area contributed by atoms with Gasteiger partial charge in [-0.3, -0.25) is 15.0 Å². The van der Waals surface area contributed by atoms with Gasteiger partial charge in [-0.15, -0.1) is 0 Å². The van der Waals surface area contributed by atoms with Crippen molar-refractivity contribution in [3.63, 3.8) is 0 Å². The van der Waals surface area contributed by atoms with Crippen molar-refractivity contribution in [3.05, 3.63) is 35.9 Å². The van der Waals surface area contributed by atoms with E-state index in [1.165, 1.54) is 0 Å². The Kier molecular flexibility index (Phi) is 7.87. The number of hydrogen-bond donors (Lipinski definition) is 4. The molecule has 3 amide bonds. The molecule has 0 saturated heterocycles. The summed E-state index contributed by atoms with van der Waals surface area (Å²) in [5, 5.41) is 2.57. The van der Waals surface area contributed by atoms with Gasteiger partial charge in [0, 0.05) is 19.4 Å². The highest BCUT2D eigenvalue weighted by atomic mass is 16.6. The van der Waals surface area contributed by atoms with Crippen LogP contribution in [0.5, 0.6) is 0 Å². The minimum Gasteiger partial charge on any atom is -0.444 e. The molecule has 0 aliphatic heterocycles. The van der Waals surface area contributed by atoms with E-state index in [2.05, 4.69) is 16.2 Å². The second-order valence-corrected chi connectivity index (χ2v) is 6.52. The highest BCUT2D eigenvalue weighted by molar-refractivity contribution is 5.85. The Morgan fingerprint density at radius 1 is 1.16 bits per heavy atom. The van der Waals surface area contributed by atoms with Crippen molar-refractivity contribution in [3.8, 4) is 0 Å². The Bertz CT molecular complexity index is 584. The van der Waals surface area contributed by atoms with Gasteiger partial charge in [0.15, 0.2) is 0 Å². The van der Waals surface area contributed by atoms with Crippen LogP contribution in [0, 0.1) is 0 Å². The number of amides is 3. The molecule has 8 nitrogen and oxygen atoms in total. The predicted octanol–water partition coefficient (Wildman–Crippen LogP) is 0.619. The molecule has 0 spiro atoms. The molecule has 25 heavy (non-hydrogen) atoms. The summed E-state index contributed by atoms with van der Waals surface area (Å²) in [7, 11) is 0. The van der Waals surface area contributed by atoms with E-state index >= 15 is 0 Å². The van der Waals surface area contributed by atoms with Crippen LogP contribution in [0.1, 0.15) is 32.8 Å². The van der Waals surface area contributed by atoms with Crippen LogP contribution in [-0.2, 0) is 20.7 Å². The van der Waals surface area contributed by atoms with Gasteiger partial charge >= 0.3 is 6.09 Å². The number of ether oxygens (including phenoxy) is 1. The van der Waals surface area contributed by atoms with Crippen LogP contribution in [0.4, 0.5) is 4.79 Å². The molecule has 0 aliphatic rings. The summed E-state index contributed by atoms with van der Waals surface area (Å²) >= 11 is 0. The zero-order chi connectivity index (χ0) is 18.9. The Balaban J connectivity index is 2.68. The summed E-state index contributed by atoms with van der Waals surface area (Å²) in [6, 6.07) is 8.45. The summed E-state index contributed by atoms with van der Waals surface area (Å²) in [5.74, 6) is -0.923. The van der Waals surface area contributed by atoms with Gasteiger partial charge in [-0.1, -0.05) is 30.3 Å². The fraction of sp³-hybridized carbons (Fsp3) is 0.471. The molecular weight excluding hydrogens is 324 g/mol. The van der Waals surface area contributed by atoms with Crippen molar-refractivity contribution >= 4 is 17.9 Å². The second-order valence-electron chi connectivity index (χ2n) is 6.52. The van der Waals surface area contributed by atoms with E-state index < -0.39 is 29.6 Å². The van der Waals surface area contributed by atoms with E-state index in [0.717, 1.165) is 5.56 Å². The van der Waals surface area contributed by atoms with E-state index in [-0.39, 0.29) is 13.0 Å². The molecule has 0 radical (unpaired) electrons. The fourth-order valence-corrected chi connectivity index (χ4v) is 1.93. The molecule has 0 aliphatic carbocycles. The zero-order valence-corrected chi connectivity index (χ0v) is 14.8. The Hall–Kier alpha value is -2.61. The van der Waals surface area contributed by atoms with E-state index in [9.17, 15) is 14.4 Å². The topological polar surface area (TPSA) is 123 Å². The van der Waals surface area contributed by atoms with Crippen LogP contribution in [0.3, 0.4) is 0 Å². The average molecular weight is 350 g/mol. The quantitative estimate of drug-likeness (QED) is 0.404. The lowest BCUT2D eigenvalue weighted by Crippen LogP contribution is -2.53. The highest BCUT2D eigenvalue weighted by Crippen LogP contribution is 2.08. The van der Waals surface area contributed by atoms with Crippen LogP contribution in [-0.4, -0.2) is 36.1 Å². The van der Waals surface area contributed by atoms with Gasteiger partial charge in [0.05, 0.1) is 0 Å². The van der Waals surface area contributed by atoms with E-state index in [0.29, 0.717) is 6.42 Å². The lowest BCUT2D eigenvalue weighted by Gasteiger charge is -2.23. The number of rotatable bonds is 8. The molecular formula is C17H26N4O4. The molecule has 0 saturated carbocycles. The van der Waals surface area contributed by atoms with Crippen LogP contribution < -0.4 is 21.9 Å². The van der Waals surface area contributed by atoms with Crippen molar-refractivity contribution in [1.29, 1.82) is 0 Å². The predicted molar refractivity (Wildman–Crippen MR) is 93.3 cm³/mol. The Labute approximate surface area is 147 Å². The number of carbonyl (C=O) groups is 3. The molecule has 1 aromatic carbocycles. The number of hydrogen-bond acceptors (Lipinski definition) is 5. The number of nitrogens with one attached hydrogen (secondary N) is 3. The fourth-order valence-electron chi connectivity index (χ4n) is 1.93. The maximum atomic E-state index is 12.3. The third-order valence-corrected chi connectivity index (χ3v) is 3.00. The van der Waals surface area contributed by atoms with Gasteiger partial charge in [-0.2, -0.15) is 0 Å². The number of primary amides is 1. The van der Waals surface area contributed by atoms with Crippen molar-refractivity contribution in [1.82, 2.24) is 16.2 Å². The summed E-state index contributed by atoms with van der Waals surface area (Å²) in [4.78, 5) is 35.0. The SMILES string of the molecule is CC(C)(C)OC(=O)N[C@@H](Cc1ccccc1)C(=O)NNCCC(N)=O. The summed E-state index contributed by atoms with van der Waals surface area (Å²) < 4.78 is 5.20. The third kappa shape index (κ3) is 9.31. The van der Waals surface area contributed by atoms with Gasteiger partial charge in [-0.05, 0) is 26.3 Å². The average Bonchev–Trinajstić information content (AvgIpc) is 2.49. The first-order valence-electron chi connectivity index (χ1n) is 8.02. The first kappa shape index (κ1) is 20.4. The second kappa shape index (κ2) is 9.63. The molecule has 0 unspecified atom stereocenters. The van der Waals surface area contributed by atoms with Crippen LogP contribution >= 0.6 is 0 Å². The molecule has 138 valence electrons. The minimum absolute atomic E-state index is 0.0864. The Morgan fingerprint density at radius 2 is 1.80 bits per heavy atom.